The molecule has 3 heteroatoms. The molecule has 0 saturated heterocycles. The zero-order valence-electron chi connectivity index (χ0n) is 15.0. The van der Waals surface area contributed by atoms with Crippen molar-refractivity contribution in [2.45, 2.75) is 45.5 Å². The predicted molar refractivity (Wildman–Crippen MR) is 104 cm³/mol. The molecule has 0 fully saturated rings. The summed E-state index contributed by atoms with van der Waals surface area (Å²) in [6.45, 7) is 7.30. The van der Waals surface area contributed by atoms with Crippen molar-refractivity contribution in [1.29, 1.82) is 0 Å². The number of carbonyl (C=O) groups excluding carboxylic acids is 1. The number of aryl methyl sites for hydroxylation is 1. The minimum absolute atomic E-state index is 0.246. The third-order valence-corrected chi connectivity index (χ3v) is 5.59. The molecule has 1 heterocycles. The minimum atomic E-state index is -1.38. The molecule has 4 rings (SSSR count). The molecule has 126 valence electrons. The smallest absolute Gasteiger partial charge is 0.163 e. The van der Waals surface area contributed by atoms with E-state index in [1.54, 1.807) is 0 Å². The van der Waals surface area contributed by atoms with Crippen LogP contribution in [0.4, 0.5) is 0 Å². The van der Waals surface area contributed by atoms with E-state index in [1.807, 2.05) is 6.07 Å². The molecule has 0 spiro atoms. The van der Waals surface area contributed by atoms with E-state index in [9.17, 15) is 4.79 Å². The molecule has 0 radical (unpaired) electrons. The van der Waals surface area contributed by atoms with Crippen LogP contribution < -0.4 is 4.74 Å². The van der Waals surface area contributed by atoms with Gasteiger partial charge >= 0.3 is 0 Å². The van der Waals surface area contributed by atoms with Crippen molar-refractivity contribution in [2.24, 2.45) is 0 Å². The average Bonchev–Trinajstić information content (AvgIpc) is 2.58. The molecule has 2 nitrogen and oxygen atoms in total. The van der Waals surface area contributed by atoms with Gasteiger partial charge in [-0.15, -0.1) is 5.54 Å². The predicted octanol–water partition coefficient (Wildman–Crippen LogP) is 4.99. The molecule has 0 saturated carbocycles. The van der Waals surface area contributed by atoms with Crippen molar-refractivity contribution < 1.29 is 9.53 Å². The second kappa shape index (κ2) is 5.89. The van der Waals surface area contributed by atoms with Crippen molar-refractivity contribution >= 4 is 13.9 Å². The first kappa shape index (κ1) is 16.2. The number of hydrogen-bond acceptors (Lipinski definition) is 2. The van der Waals surface area contributed by atoms with E-state index < -0.39 is 8.07 Å². The van der Waals surface area contributed by atoms with Crippen molar-refractivity contribution in [3.05, 3.63) is 52.6 Å². The minimum Gasteiger partial charge on any atom is -0.488 e. The van der Waals surface area contributed by atoms with Crippen molar-refractivity contribution in [1.82, 2.24) is 0 Å². The fraction of sp³-hybridized carbons (Fsp3) is 0.318. The van der Waals surface area contributed by atoms with Crippen molar-refractivity contribution in [3.63, 3.8) is 0 Å². The lowest BCUT2D eigenvalue weighted by Gasteiger charge is -2.24. The highest BCUT2D eigenvalue weighted by atomic mass is 28.3. The van der Waals surface area contributed by atoms with Gasteiger partial charge in [0, 0.05) is 23.1 Å². The quantitative estimate of drug-likeness (QED) is 0.496. The molecule has 1 aliphatic carbocycles. The third-order valence-electron chi connectivity index (χ3n) is 4.72. The Bertz CT molecular complexity index is 939. The van der Waals surface area contributed by atoms with Crippen LogP contribution in [0.15, 0.2) is 30.3 Å². The maximum absolute atomic E-state index is 12.1. The van der Waals surface area contributed by atoms with Gasteiger partial charge in [-0.25, -0.2) is 0 Å². The van der Waals surface area contributed by atoms with Gasteiger partial charge in [0.15, 0.2) is 5.78 Å². The first-order valence-corrected chi connectivity index (χ1v) is 12.4. The van der Waals surface area contributed by atoms with Gasteiger partial charge in [-0.05, 0) is 53.8 Å². The Kier molecular flexibility index (Phi) is 3.81. The van der Waals surface area contributed by atoms with E-state index in [0.717, 1.165) is 40.8 Å². The summed E-state index contributed by atoms with van der Waals surface area (Å²) in [5.74, 6) is 4.41. The number of benzene rings is 2. The van der Waals surface area contributed by atoms with Gasteiger partial charge in [0.1, 0.15) is 20.4 Å². The number of ketones is 1. The van der Waals surface area contributed by atoms with Crippen LogP contribution in [0.25, 0.3) is 11.1 Å². The van der Waals surface area contributed by atoms with E-state index >= 15 is 0 Å². The molecule has 2 aromatic rings. The highest BCUT2D eigenvalue weighted by Gasteiger charge is 2.24. The van der Waals surface area contributed by atoms with E-state index in [0.29, 0.717) is 13.0 Å². The van der Waals surface area contributed by atoms with E-state index in [2.05, 4.69) is 55.4 Å². The van der Waals surface area contributed by atoms with Gasteiger partial charge in [-0.3, -0.25) is 4.79 Å². The van der Waals surface area contributed by atoms with Crippen LogP contribution in [0.5, 0.6) is 5.75 Å². The first-order valence-electron chi connectivity index (χ1n) is 8.90. The largest absolute Gasteiger partial charge is 0.488 e. The van der Waals surface area contributed by atoms with E-state index in [4.69, 9.17) is 4.74 Å². The summed E-state index contributed by atoms with van der Waals surface area (Å²) in [5.41, 5.74) is 9.99. The molecule has 0 unspecified atom stereocenters. The van der Waals surface area contributed by atoms with Crippen LogP contribution in [0, 0.1) is 11.5 Å². The van der Waals surface area contributed by atoms with Gasteiger partial charge in [0.25, 0.3) is 0 Å². The Morgan fingerprint density at radius 1 is 0.960 bits per heavy atom. The summed E-state index contributed by atoms with van der Waals surface area (Å²) in [6.07, 6.45) is 2.58. The van der Waals surface area contributed by atoms with Crippen molar-refractivity contribution in [2.75, 3.05) is 0 Å². The molecular formula is C22H22O2Si. The van der Waals surface area contributed by atoms with Gasteiger partial charge < -0.3 is 4.74 Å². The molecule has 0 bridgehead atoms. The number of carbonyl (C=O) groups is 1. The summed E-state index contributed by atoms with van der Waals surface area (Å²) in [4.78, 5) is 12.1. The standard InChI is InChI=1S/C22H22O2Si/c1-25(2,3)10-9-15-7-8-18-17(11-15)14-24-22-13-19-16(12-20(18)22)5-4-6-21(19)23/h7-8,11-13H,4-6,14H2,1-3H3. The Morgan fingerprint density at radius 2 is 1.80 bits per heavy atom. The molecule has 1 aliphatic heterocycles. The van der Waals surface area contributed by atoms with Gasteiger partial charge in [0.05, 0.1) is 0 Å². The fourth-order valence-electron chi connectivity index (χ4n) is 3.46. The lowest BCUT2D eigenvalue weighted by molar-refractivity contribution is 0.0972. The fourth-order valence-corrected chi connectivity index (χ4v) is 3.98. The highest BCUT2D eigenvalue weighted by molar-refractivity contribution is 6.83. The molecule has 25 heavy (non-hydrogen) atoms. The average molecular weight is 347 g/mol. The third kappa shape index (κ3) is 3.15. The van der Waals surface area contributed by atoms with Crippen LogP contribution in [-0.2, 0) is 13.0 Å². The molecule has 2 aromatic carbocycles. The summed E-state index contributed by atoms with van der Waals surface area (Å²) in [6, 6.07) is 10.5. The van der Waals surface area contributed by atoms with Gasteiger partial charge in [0.2, 0.25) is 0 Å². The Labute approximate surface area is 150 Å². The summed E-state index contributed by atoms with van der Waals surface area (Å²) in [5, 5.41) is 0. The zero-order chi connectivity index (χ0) is 17.6. The molecule has 2 aliphatic rings. The van der Waals surface area contributed by atoms with Crippen LogP contribution >= 0.6 is 0 Å². The normalized spacial score (nSPS) is 15.2. The van der Waals surface area contributed by atoms with Gasteiger partial charge in [-0.2, -0.15) is 0 Å². The monoisotopic (exact) mass is 346 g/mol. The Balaban J connectivity index is 1.77. The van der Waals surface area contributed by atoms with Crippen molar-refractivity contribution in [3.8, 4) is 28.3 Å². The SMILES string of the molecule is C[Si](C)(C)C#Cc1ccc2c(c1)COc1cc3c(cc1-2)CCCC3=O. The summed E-state index contributed by atoms with van der Waals surface area (Å²) < 4.78 is 5.97. The van der Waals surface area contributed by atoms with Crippen LogP contribution in [0.2, 0.25) is 19.6 Å². The highest BCUT2D eigenvalue weighted by Crippen LogP contribution is 2.41. The zero-order valence-corrected chi connectivity index (χ0v) is 16.0. The van der Waals surface area contributed by atoms with Crippen LogP contribution in [0.3, 0.4) is 0 Å². The van der Waals surface area contributed by atoms with Gasteiger partial charge in [-0.1, -0.05) is 31.6 Å². The molecule has 0 atom stereocenters. The lowest BCUT2D eigenvalue weighted by Crippen LogP contribution is -2.16. The lowest BCUT2D eigenvalue weighted by atomic mass is 9.86. The Hall–Kier alpha value is -2.31. The number of Topliss-reactive ketones (excluding diaryl/α,β-unsaturated/α-hetero) is 1. The first-order chi connectivity index (χ1) is 11.9. The maximum Gasteiger partial charge on any atom is 0.163 e. The molecular weight excluding hydrogens is 324 g/mol. The molecule has 0 amide bonds. The summed E-state index contributed by atoms with van der Waals surface area (Å²) in [7, 11) is -1.38. The van der Waals surface area contributed by atoms with E-state index in [-0.39, 0.29) is 5.78 Å². The number of ether oxygens (including phenoxy) is 1. The second-order valence-electron chi connectivity index (χ2n) is 7.94. The number of rotatable bonds is 0. The number of hydrogen-bond donors (Lipinski definition) is 0. The molecule has 0 N–H and O–H groups in total. The van der Waals surface area contributed by atoms with Crippen LogP contribution in [-0.4, -0.2) is 13.9 Å². The maximum atomic E-state index is 12.1. The Morgan fingerprint density at radius 3 is 2.60 bits per heavy atom. The summed E-state index contributed by atoms with van der Waals surface area (Å²) >= 11 is 0. The second-order valence-corrected chi connectivity index (χ2v) is 12.7. The molecule has 0 aromatic heterocycles. The van der Waals surface area contributed by atoms with E-state index in [1.165, 1.54) is 11.1 Å². The topological polar surface area (TPSA) is 26.3 Å². The number of fused-ring (bicyclic) bond motifs is 4. The van der Waals surface area contributed by atoms with Crippen LogP contribution in [0.1, 0.15) is 39.9 Å².